The third-order valence-electron chi connectivity index (χ3n) is 3.61. The second-order valence-corrected chi connectivity index (χ2v) is 7.03. The Labute approximate surface area is 142 Å². The zero-order valence-corrected chi connectivity index (χ0v) is 14.6. The summed E-state index contributed by atoms with van der Waals surface area (Å²) in [5.74, 6) is -0.365. The molecule has 2 rings (SSSR count). The van der Waals surface area contributed by atoms with Gasteiger partial charge in [0.05, 0.1) is 5.69 Å². The zero-order chi connectivity index (χ0) is 17.6. The molecular weight excluding hydrogens is 327 g/mol. The largest absolute Gasteiger partial charge is 0.373 e. The highest BCUT2D eigenvalue weighted by molar-refractivity contribution is 7.92. The first-order chi connectivity index (χ1) is 11.4. The molecule has 0 spiro atoms. The quantitative estimate of drug-likeness (QED) is 0.835. The first kappa shape index (κ1) is 18.2. The van der Waals surface area contributed by atoms with Crippen LogP contribution in [0.4, 0.5) is 10.1 Å². The van der Waals surface area contributed by atoms with E-state index in [-0.39, 0.29) is 12.4 Å². The van der Waals surface area contributed by atoms with Gasteiger partial charge in [-0.15, -0.1) is 0 Å². The van der Waals surface area contributed by atoms with E-state index in [1.807, 2.05) is 37.3 Å². The third kappa shape index (κ3) is 5.18. The Balaban J connectivity index is 2.02. The molecule has 0 unspecified atom stereocenters. The van der Waals surface area contributed by atoms with Gasteiger partial charge < -0.3 is 4.90 Å². The van der Waals surface area contributed by atoms with Gasteiger partial charge in [-0.05, 0) is 36.3 Å². The van der Waals surface area contributed by atoms with Gasteiger partial charge in [-0.2, -0.15) is 0 Å². The van der Waals surface area contributed by atoms with Crippen LogP contribution in [0.2, 0.25) is 0 Å². The lowest BCUT2D eigenvalue weighted by Gasteiger charge is -2.18. The van der Waals surface area contributed by atoms with Crippen molar-refractivity contribution >= 4 is 21.8 Å². The Hall–Kier alpha value is -2.18. The lowest BCUT2D eigenvalue weighted by Crippen LogP contribution is -2.21. The van der Waals surface area contributed by atoms with E-state index >= 15 is 0 Å². The molecule has 0 heterocycles. The fourth-order valence-electron chi connectivity index (χ4n) is 2.10. The van der Waals surface area contributed by atoms with Gasteiger partial charge >= 0.3 is 0 Å². The van der Waals surface area contributed by atoms with Crippen molar-refractivity contribution < 1.29 is 12.8 Å². The molecule has 24 heavy (non-hydrogen) atoms. The Morgan fingerprint density at radius 1 is 1.17 bits per heavy atom. The van der Waals surface area contributed by atoms with E-state index in [1.165, 1.54) is 12.1 Å². The van der Waals surface area contributed by atoms with E-state index in [2.05, 4.69) is 4.72 Å². The molecule has 0 atom stereocenters. The summed E-state index contributed by atoms with van der Waals surface area (Å²) in [6.45, 7) is 2.65. The summed E-state index contributed by atoms with van der Waals surface area (Å²) in [4.78, 5) is 1.78. The molecule has 0 radical (unpaired) electrons. The maximum absolute atomic E-state index is 14.0. The van der Waals surface area contributed by atoms with Crippen molar-refractivity contribution in [2.75, 3.05) is 18.5 Å². The second kappa shape index (κ2) is 8.08. The number of benzene rings is 2. The maximum atomic E-state index is 14.0. The van der Waals surface area contributed by atoms with Crippen molar-refractivity contribution in [3.8, 4) is 0 Å². The van der Waals surface area contributed by atoms with Crippen LogP contribution < -0.4 is 9.62 Å². The van der Waals surface area contributed by atoms with Crippen LogP contribution >= 0.6 is 0 Å². The number of halogens is 1. The van der Waals surface area contributed by atoms with Crippen molar-refractivity contribution in [1.82, 2.24) is 4.72 Å². The van der Waals surface area contributed by atoms with Gasteiger partial charge in [-0.1, -0.05) is 36.4 Å². The molecule has 0 fully saturated rings. The van der Waals surface area contributed by atoms with Crippen molar-refractivity contribution in [1.29, 1.82) is 0 Å². The number of hydrogen-bond donors (Lipinski definition) is 1. The minimum Gasteiger partial charge on any atom is -0.373 e. The van der Waals surface area contributed by atoms with Gasteiger partial charge in [0.15, 0.2) is 0 Å². The molecule has 4 nitrogen and oxygen atoms in total. The summed E-state index contributed by atoms with van der Waals surface area (Å²) >= 11 is 0. The number of anilines is 1. The Morgan fingerprint density at radius 3 is 2.50 bits per heavy atom. The molecule has 128 valence electrons. The van der Waals surface area contributed by atoms with E-state index in [4.69, 9.17) is 0 Å². The maximum Gasteiger partial charge on any atom is 0.234 e. The smallest absolute Gasteiger partial charge is 0.234 e. The van der Waals surface area contributed by atoms with E-state index < -0.39 is 10.0 Å². The minimum atomic E-state index is -3.59. The summed E-state index contributed by atoms with van der Waals surface area (Å²) in [7, 11) is -1.78. The van der Waals surface area contributed by atoms with Crippen LogP contribution in [0.1, 0.15) is 18.1 Å². The minimum absolute atomic E-state index is 0.0362. The van der Waals surface area contributed by atoms with Gasteiger partial charge in [0.25, 0.3) is 0 Å². The van der Waals surface area contributed by atoms with Crippen LogP contribution in [-0.4, -0.2) is 22.0 Å². The molecule has 2 aromatic carbocycles. The first-order valence-corrected chi connectivity index (χ1v) is 9.18. The molecule has 0 saturated carbocycles. The van der Waals surface area contributed by atoms with E-state index in [0.29, 0.717) is 17.8 Å². The number of sulfonamides is 1. The van der Waals surface area contributed by atoms with Crippen LogP contribution in [0.5, 0.6) is 0 Å². The predicted octanol–water partition coefficient (Wildman–Crippen LogP) is 3.37. The molecule has 0 aromatic heterocycles. The normalized spacial score (nSPS) is 11.8. The van der Waals surface area contributed by atoms with Gasteiger partial charge in [-0.3, -0.25) is 0 Å². The predicted molar refractivity (Wildman–Crippen MR) is 96.6 cm³/mol. The molecule has 0 aliphatic rings. The lowest BCUT2D eigenvalue weighted by molar-refractivity contribution is 0.589. The van der Waals surface area contributed by atoms with E-state index in [9.17, 15) is 12.8 Å². The SMILES string of the molecule is CCN(C)c1ccc(CNS(=O)(=O)/C=C/c2ccccc2)cc1F. The molecular formula is C18H21FN2O2S. The van der Waals surface area contributed by atoms with Gasteiger partial charge in [0.2, 0.25) is 10.0 Å². The molecule has 1 N–H and O–H groups in total. The van der Waals surface area contributed by atoms with Crippen LogP contribution in [-0.2, 0) is 16.6 Å². The van der Waals surface area contributed by atoms with Crippen LogP contribution in [0.25, 0.3) is 6.08 Å². The standard InChI is InChI=1S/C18H21FN2O2S/c1-3-21(2)18-10-9-16(13-17(18)19)14-20-24(22,23)12-11-15-7-5-4-6-8-15/h4-13,20H,3,14H2,1-2H3/b12-11+. The average Bonchev–Trinajstić information content (AvgIpc) is 2.59. The van der Waals surface area contributed by atoms with Gasteiger partial charge in [0, 0.05) is 25.5 Å². The second-order valence-electron chi connectivity index (χ2n) is 5.38. The summed E-state index contributed by atoms with van der Waals surface area (Å²) in [5.41, 5.74) is 1.85. The number of nitrogens with one attached hydrogen (secondary N) is 1. The molecule has 0 bridgehead atoms. The Morgan fingerprint density at radius 2 is 1.88 bits per heavy atom. The number of hydrogen-bond acceptors (Lipinski definition) is 3. The summed E-state index contributed by atoms with van der Waals surface area (Å²) < 4.78 is 40.5. The van der Waals surface area contributed by atoms with Crippen molar-refractivity contribution in [2.45, 2.75) is 13.5 Å². The fourth-order valence-corrected chi connectivity index (χ4v) is 2.90. The lowest BCUT2D eigenvalue weighted by atomic mass is 10.2. The molecule has 2 aromatic rings. The monoisotopic (exact) mass is 348 g/mol. The number of nitrogens with zero attached hydrogens (tertiary/aromatic N) is 1. The molecule has 6 heteroatoms. The van der Waals surface area contributed by atoms with Crippen molar-refractivity contribution in [2.24, 2.45) is 0 Å². The fraction of sp³-hybridized carbons (Fsp3) is 0.222. The van der Waals surface area contributed by atoms with Crippen LogP contribution in [0.15, 0.2) is 53.9 Å². The van der Waals surface area contributed by atoms with Crippen LogP contribution in [0.3, 0.4) is 0 Å². The topological polar surface area (TPSA) is 49.4 Å². The molecule has 0 amide bonds. The summed E-state index contributed by atoms with van der Waals surface area (Å²) in [5, 5.41) is 1.11. The average molecular weight is 348 g/mol. The molecule has 0 saturated heterocycles. The highest BCUT2D eigenvalue weighted by Gasteiger charge is 2.09. The number of rotatable bonds is 7. The highest BCUT2D eigenvalue weighted by Crippen LogP contribution is 2.19. The molecule has 0 aliphatic heterocycles. The third-order valence-corrected chi connectivity index (χ3v) is 4.66. The summed E-state index contributed by atoms with van der Waals surface area (Å²) in [6, 6.07) is 13.9. The zero-order valence-electron chi connectivity index (χ0n) is 13.7. The van der Waals surface area contributed by atoms with Gasteiger partial charge in [0.1, 0.15) is 5.82 Å². The van der Waals surface area contributed by atoms with Crippen LogP contribution in [0, 0.1) is 5.82 Å². The van der Waals surface area contributed by atoms with E-state index in [1.54, 1.807) is 24.1 Å². The summed E-state index contributed by atoms with van der Waals surface area (Å²) in [6.07, 6.45) is 1.52. The highest BCUT2D eigenvalue weighted by atomic mass is 32.2. The Kier molecular flexibility index (Phi) is 6.11. The Bertz CT molecular complexity index is 805. The van der Waals surface area contributed by atoms with Gasteiger partial charge in [-0.25, -0.2) is 17.5 Å². The first-order valence-electron chi connectivity index (χ1n) is 7.63. The van der Waals surface area contributed by atoms with Crippen molar-refractivity contribution in [3.63, 3.8) is 0 Å². The van der Waals surface area contributed by atoms with E-state index in [0.717, 1.165) is 11.0 Å². The van der Waals surface area contributed by atoms with Crippen molar-refractivity contribution in [3.05, 3.63) is 70.9 Å². The molecule has 0 aliphatic carbocycles.